The Morgan fingerprint density at radius 3 is 2.48 bits per heavy atom. The minimum absolute atomic E-state index is 0.0569. The van der Waals surface area contributed by atoms with E-state index in [1.807, 2.05) is 6.92 Å². The van der Waals surface area contributed by atoms with Gasteiger partial charge >= 0.3 is 18.0 Å². The third-order valence-electron chi connectivity index (χ3n) is 4.43. The number of esters is 1. The molecule has 0 spiro atoms. The molecular formula is C14H22N2O5. The topological polar surface area (TPSA) is 87.2 Å². The largest absolute Gasteiger partial charge is 0.481 e. The van der Waals surface area contributed by atoms with Crippen molar-refractivity contribution in [2.75, 3.05) is 33.3 Å². The summed E-state index contributed by atoms with van der Waals surface area (Å²) in [4.78, 5) is 38.4. The minimum Gasteiger partial charge on any atom is -0.481 e. The maximum atomic E-state index is 12.5. The van der Waals surface area contributed by atoms with Gasteiger partial charge in [-0.25, -0.2) is 4.79 Å². The van der Waals surface area contributed by atoms with Crippen LogP contribution in [0.4, 0.5) is 4.79 Å². The predicted octanol–water partition coefficient (Wildman–Crippen LogP) is 0.644. The highest BCUT2D eigenvalue weighted by atomic mass is 16.5. The second-order valence-electron chi connectivity index (χ2n) is 5.92. The second-order valence-corrected chi connectivity index (χ2v) is 5.92. The van der Waals surface area contributed by atoms with Crippen molar-refractivity contribution < 1.29 is 24.2 Å². The first kappa shape index (κ1) is 15.6. The molecule has 0 aromatic rings. The molecule has 0 aromatic heterocycles. The summed E-state index contributed by atoms with van der Waals surface area (Å²) in [6, 6.07) is -0.167. The number of carboxylic acid groups (broad SMARTS) is 1. The average Bonchev–Trinajstić information content (AvgIpc) is 2.87. The van der Waals surface area contributed by atoms with Gasteiger partial charge in [-0.1, -0.05) is 6.92 Å². The summed E-state index contributed by atoms with van der Waals surface area (Å²) in [5.74, 6) is -1.87. The fourth-order valence-electron chi connectivity index (χ4n) is 3.13. The Kier molecular flexibility index (Phi) is 4.69. The zero-order chi connectivity index (χ0) is 15.6. The average molecular weight is 298 g/mol. The lowest BCUT2D eigenvalue weighted by Crippen LogP contribution is -2.48. The van der Waals surface area contributed by atoms with Crippen LogP contribution >= 0.6 is 0 Å². The van der Waals surface area contributed by atoms with E-state index in [0.29, 0.717) is 32.5 Å². The molecule has 2 aliphatic heterocycles. The van der Waals surface area contributed by atoms with Crippen LogP contribution in [0.1, 0.15) is 19.8 Å². The van der Waals surface area contributed by atoms with E-state index in [-0.39, 0.29) is 30.4 Å². The van der Waals surface area contributed by atoms with Crippen LogP contribution in [0, 0.1) is 17.8 Å². The van der Waals surface area contributed by atoms with Gasteiger partial charge in [0.1, 0.15) is 0 Å². The molecule has 2 amide bonds. The molecule has 2 saturated heterocycles. The Labute approximate surface area is 123 Å². The van der Waals surface area contributed by atoms with E-state index >= 15 is 0 Å². The first-order chi connectivity index (χ1) is 9.93. The number of carbonyl (C=O) groups is 3. The van der Waals surface area contributed by atoms with Gasteiger partial charge in [0.15, 0.2) is 0 Å². The lowest BCUT2D eigenvalue weighted by Gasteiger charge is -2.33. The molecule has 0 aliphatic carbocycles. The van der Waals surface area contributed by atoms with Crippen molar-refractivity contribution in [2.24, 2.45) is 17.8 Å². The Morgan fingerprint density at radius 2 is 1.86 bits per heavy atom. The summed E-state index contributed by atoms with van der Waals surface area (Å²) in [6.45, 7) is 3.61. The number of piperidine rings is 1. The van der Waals surface area contributed by atoms with Gasteiger partial charge in [-0.2, -0.15) is 0 Å². The fraction of sp³-hybridized carbons (Fsp3) is 0.786. The highest BCUT2D eigenvalue weighted by Gasteiger charge is 2.40. The smallest absolute Gasteiger partial charge is 0.320 e. The standard InChI is InChI=1S/C14H22N2O5/c1-9-6-16(8-11(9)13(19)21-2)14(20)15-5-3-4-10(7-15)12(17)18/h9-11H,3-8H2,1-2H3,(H,17,18). The zero-order valence-corrected chi connectivity index (χ0v) is 12.4. The number of carboxylic acids is 1. The number of hydrogen-bond donors (Lipinski definition) is 1. The molecule has 3 unspecified atom stereocenters. The summed E-state index contributed by atoms with van der Waals surface area (Å²) in [5, 5.41) is 9.08. The molecule has 3 atom stereocenters. The highest BCUT2D eigenvalue weighted by Crippen LogP contribution is 2.26. The van der Waals surface area contributed by atoms with Gasteiger partial charge in [-0.15, -0.1) is 0 Å². The number of ether oxygens (including phenoxy) is 1. The van der Waals surface area contributed by atoms with E-state index in [1.54, 1.807) is 9.80 Å². The number of carbonyl (C=O) groups excluding carboxylic acids is 2. The van der Waals surface area contributed by atoms with Crippen LogP contribution in [0.3, 0.4) is 0 Å². The second kappa shape index (κ2) is 6.32. The summed E-state index contributed by atoms with van der Waals surface area (Å²) in [6.07, 6.45) is 1.31. The maximum absolute atomic E-state index is 12.5. The molecule has 0 saturated carbocycles. The Hall–Kier alpha value is -1.79. The molecule has 0 radical (unpaired) electrons. The van der Waals surface area contributed by atoms with Crippen LogP contribution in [-0.2, 0) is 14.3 Å². The third kappa shape index (κ3) is 3.28. The van der Waals surface area contributed by atoms with Gasteiger partial charge in [0.05, 0.1) is 18.9 Å². The van der Waals surface area contributed by atoms with Crippen LogP contribution in [-0.4, -0.2) is 66.2 Å². The Bertz CT molecular complexity index is 439. The fourth-order valence-corrected chi connectivity index (χ4v) is 3.13. The van der Waals surface area contributed by atoms with E-state index in [0.717, 1.165) is 0 Å². The number of hydrogen-bond acceptors (Lipinski definition) is 4. The van der Waals surface area contributed by atoms with Crippen LogP contribution in [0.15, 0.2) is 0 Å². The zero-order valence-electron chi connectivity index (χ0n) is 12.4. The van der Waals surface area contributed by atoms with Gasteiger partial charge in [0.25, 0.3) is 0 Å². The number of aliphatic carboxylic acids is 1. The number of amides is 2. The van der Waals surface area contributed by atoms with Crippen LogP contribution < -0.4 is 0 Å². The Balaban J connectivity index is 1.97. The molecule has 2 rings (SSSR count). The van der Waals surface area contributed by atoms with Crippen LogP contribution in [0.5, 0.6) is 0 Å². The van der Waals surface area contributed by atoms with Crippen LogP contribution in [0.25, 0.3) is 0 Å². The number of rotatable bonds is 2. The molecule has 7 heteroatoms. The SMILES string of the molecule is COC(=O)C1CN(C(=O)N2CCCC(C(=O)O)C2)CC1C. The van der Waals surface area contributed by atoms with Gasteiger partial charge in [-0.3, -0.25) is 9.59 Å². The summed E-state index contributed by atoms with van der Waals surface area (Å²) >= 11 is 0. The lowest BCUT2D eigenvalue weighted by molar-refractivity contribution is -0.146. The molecule has 1 N–H and O–H groups in total. The predicted molar refractivity (Wildman–Crippen MR) is 73.6 cm³/mol. The molecular weight excluding hydrogens is 276 g/mol. The molecule has 7 nitrogen and oxygen atoms in total. The van der Waals surface area contributed by atoms with Gasteiger partial charge in [0.2, 0.25) is 0 Å². The highest BCUT2D eigenvalue weighted by molar-refractivity contribution is 5.79. The lowest BCUT2D eigenvalue weighted by atomic mass is 9.99. The van der Waals surface area contributed by atoms with E-state index in [2.05, 4.69) is 0 Å². The maximum Gasteiger partial charge on any atom is 0.320 e. The van der Waals surface area contributed by atoms with Gasteiger partial charge in [-0.05, 0) is 18.8 Å². The third-order valence-corrected chi connectivity index (χ3v) is 4.43. The van der Waals surface area contributed by atoms with Gasteiger partial charge in [0, 0.05) is 26.2 Å². The van der Waals surface area contributed by atoms with Crippen molar-refractivity contribution in [3.63, 3.8) is 0 Å². The monoisotopic (exact) mass is 298 g/mol. The quantitative estimate of drug-likeness (QED) is 0.756. The summed E-state index contributed by atoms with van der Waals surface area (Å²) in [7, 11) is 1.35. The molecule has 2 fully saturated rings. The first-order valence-electron chi connectivity index (χ1n) is 7.28. The van der Waals surface area contributed by atoms with Crippen molar-refractivity contribution in [1.82, 2.24) is 9.80 Å². The van der Waals surface area contributed by atoms with E-state index < -0.39 is 11.9 Å². The summed E-state index contributed by atoms with van der Waals surface area (Å²) in [5.41, 5.74) is 0. The molecule has 2 aliphatic rings. The van der Waals surface area contributed by atoms with Gasteiger partial charge < -0.3 is 19.6 Å². The van der Waals surface area contributed by atoms with E-state index in [4.69, 9.17) is 9.84 Å². The number of likely N-dealkylation sites (tertiary alicyclic amines) is 2. The minimum atomic E-state index is -0.852. The van der Waals surface area contributed by atoms with E-state index in [1.165, 1.54) is 7.11 Å². The molecule has 0 bridgehead atoms. The van der Waals surface area contributed by atoms with Crippen molar-refractivity contribution in [3.8, 4) is 0 Å². The van der Waals surface area contributed by atoms with Crippen molar-refractivity contribution in [2.45, 2.75) is 19.8 Å². The van der Waals surface area contributed by atoms with Crippen molar-refractivity contribution in [1.29, 1.82) is 0 Å². The molecule has 21 heavy (non-hydrogen) atoms. The number of methoxy groups -OCH3 is 1. The Morgan fingerprint density at radius 1 is 1.14 bits per heavy atom. The first-order valence-corrected chi connectivity index (χ1v) is 7.28. The van der Waals surface area contributed by atoms with Crippen molar-refractivity contribution in [3.05, 3.63) is 0 Å². The van der Waals surface area contributed by atoms with Crippen molar-refractivity contribution >= 4 is 18.0 Å². The van der Waals surface area contributed by atoms with E-state index in [9.17, 15) is 14.4 Å². The molecule has 2 heterocycles. The molecule has 118 valence electrons. The number of urea groups is 1. The normalized spacial score (nSPS) is 29.3. The number of nitrogens with zero attached hydrogens (tertiary/aromatic N) is 2. The molecule has 0 aromatic carbocycles. The summed E-state index contributed by atoms with van der Waals surface area (Å²) < 4.78 is 4.76. The van der Waals surface area contributed by atoms with Crippen LogP contribution in [0.2, 0.25) is 0 Å².